The summed E-state index contributed by atoms with van der Waals surface area (Å²) in [5, 5.41) is 15.8. The van der Waals surface area contributed by atoms with Gasteiger partial charge < -0.3 is 34.9 Å². The van der Waals surface area contributed by atoms with Crippen molar-refractivity contribution >= 4 is 33.3 Å². The molecule has 266 valence electrons. The number of likely N-dealkylation sites (N-methyl/N-ethyl adjacent to an activating group) is 1. The number of carbonyl (C=O) groups is 2. The van der Waals surface area contributed by atoms with Crippen molar-refractivity contribution in [3.63, 3.8) is 0 Å². The quantitative estimate of drug-likeness (QED) is 0.268. The molecule has 0 unspecified atom stereocenters. The monoisotopic (exact) mass is 696 g/mol. The number of para-hydroxylation sites is 1. The molecule has 0 aliphatic carbocycles. The Morgan fingerprint density at radius 2 is 1.73 bits per heavy atom. The van der Waals surface area contributed by atoms with Gasteiger partial charge in [-0.05, 0) is 87.7 Å². The van der Waals surface area contributed by atoms with Crippen molar-refractivity contribution in [1.29, 1.82) is 0 Å². The van der Waals surface area contributed by atoms with Crippen LogP contribution in [0.4, 0.5) is 16.2 Å². The third-order valence-electron chi connectivity index (χ3n) is 8.55. The summed E-state index contributed by atoms with van der Waals surface area (Å²) in [5.74, 6) is 0.171. The van der Waals surface area contributed by atoms with E-state index in [-0.39, 0.29) is 42.2 Å². The van der Waals surface area contributed by atoms with Crippen molar-refractivity contribution in [3.05, 3.63) is 78.4 Å². The number of ether oxygens (including phenoxy) is 3. The molecule has 0 aromatic heterocycles. The van der Waals surface area contributed by atoms with Crippen LogP contribution < -0.4 is 20.1 Å². The number of hydrogen-bond donors (Lipinski definition) is 3. The molecule has 0 saturated heterocycles. The van der Waals surface area contributed by atoms with Gasteiger partial charge >= 0.3 is 6.03 Å². The van der Waals surface area contributed by atoms with Crippen LogP contribution in [0.5, 0.6) is 11.5 Å². The zero-order valence-electron chi connectivity index (χ0n) is 28.8. The Hall–Kier alpha value is -4.17. The standard InChI is InChI=1S/C36H48N4O8S/c1-25-22-40(26(2)24-41)35(42)32-21-29(38-36(43)37-28-12-7-6-8-13-28)14-19-33(32)48-27(3)11-9-10-20-47-34(25)23-39(4)49(44,45)31-17-15-30(46-5)16-18-31/h6-8,12-19,21,25-27,34,41H,9-11,20,22-24H2,1-5H3,(H2,37,38,43)/t25-,26-,27+,34+/m0/s1. The van der Waals surface area contributed by atoms with Gasteiger partial charge in [-0.2, -0.15) is 4.31 Å². The number of aliphatic hydroxyl groups is 1. The SMILES string of the molecule is COc1ccc(S(=O)(=O)N(C)C[C@H]2OCCCC[C@@H](C)Oc3ccc(NC(=O)Nc4ccccc4)cc3C(=O)N([C@@H](C)CO)C[C@@H]2C)cc1. The fraction of sp³-hybridized carbons (Fsp3) is 0.444. The summed E-state index contributed by atoms with van der Waals surface area (Å²) in [4.78, 5) is 28.8. The Balaban J connectivity index is 1.62. The van der Waals surface area contributed by atoms with Crippen LogP contribution in [0.15, 0.2) is 77.7 Å². The lowest BCUT2D eigenvalue weighted by atomic mass is 10.0. The molecular weight excluding hydrogens is 648 g/mol. The van der Waals surface area contributed by atoms with Crippen LogP contribution in [0, 0.1) is 5.92 Å². The molecule has 1 heterocycles. The summed E-state index contributed by atoms with van der Waals surface area (Å²) in [6, 6.07) is 19.1. The summed E-state index contributed by atoms with van der Waals surface area (Å²) in [5.41, 5.74) is 1.22. The molecule has 0 bridgehead atoms. The summed E-state index contributed by atoms with van der Waals surface area (Å²) in [6.45, 7) is 5.87. The average molecular weight is 697 g/mol. The van der Waals surface area contributed by atoms with Crippen molar-refractivity contribution in [2.24, 2.45) is 5.92 Å². The van der Waals surface area contributed by atoms with E-state index in [0.717, 1.165) is 12.8 Å². The Kier molecular flexibility index (Phi) is 13.4. The van der Waals surface area contributed by atoms with Gasteiger partial charge in [0.05, 0.1) is 42.4 Å². The maximum absolute atomic E-state index is 14.4. The zero-order valence-corrected chi connectivity index (χ0v) is 29.6. The molecule has 12 nitrogen and oxygen atoms in total. The molecule has 0 radical (unpaired) electrons. The fourth-order valence-corrected chi connectivity index (χ4v) is 6.74. The number of rotatable bonds is 9. The number of urea groups is 1. The highest BCUT2D eigenvalue weighted by Crippen LogP contribution is 2.29. The number of methoxy groups -OCH3 is 1. The van der Waals surface area contributed by atoms with Crippen molar-refractivity contribution < 1.29 is 37.3 Å². The lowest BCUT2D eigenvalue weighted by molar-refractivity contribution is -0.00834. The number of anilines is 2. The molecule has 0 spiro atoms. The van der Waals surface area contributed by atoms with E-state index >= 15 is 0 Å². The van der Waals surface area contributed by atoms with E-state index in [1.807, 2.05) is 32.0 Å². The molecule has 3 amide bonds. The molecule has 4 atom stereocenters. The highest BCUT2D eigenvalue weighted by Gasteiger charge is 2.32. The minimum Gasteiger partial charge on any atom is -0.497 e. The number of fused-ring (bicyclic) bond motifs is 1. The van der Waals surface area contributed by atoms with Gasteiger partial charge in [0, 0.05) is 44.0 Å². The number of sulfonamides is 1. The maximum Gasteiger partial charge on any atom is 0.323 e. The summed E-state index contributed by atoms with van der Waals surface area (Å²) < 4.78 is 46.1. The molecular formula is C36H48N4O8S. The number of aliphatic hydroxyl groups excluding tert-OH is 1. The van der Waals surface area contributed by atoms with E-state index in [0.29, 0.717) is 35.9 Å². The molecule has 3 aromatic carbocycles. The number of nitrogens with one attached hydrogen (secondary N) is 2. The molecule has 0 fully saturated rings. The van der Waals surface area contributed by atoms with Gasteiger partial charge in [-0.25, -0.2) is 13.2 Å². The van der Waals surface area contributed by atoms with Crippen LogP contribution in [0.3, 0.4) is 0 Å². The highest BCUT2D eigenvalue weighted by molar-refractivity contribution is 7.89. The van der Waals surface area contributed by atoms with Gasteiger partial charge in [-0.1, -0.05) is 25.1 Å². The molecule has 3 N–H and O–H groups in total. The van der Waals surface area contributed by atoms with Crippen LogP contribution in [0.25, 0.3) is 0 Å². The predicted octanol–water partition coefficient (Wildman–Crippen LogP) is 5.46. The van der Waals surface area contributed by atoms with E-state index in [9.17, 15) is 23.1 Å². The summed E-state index contributed by atoms with van der Waals surface area (Å²) in [7, 11) is -0.827. The van der Waals surface area contributed by atoms with Gasteiger partial charge in [0.1, 0.15) is 11.5 Å². The van der Waals surface area contributed by atoms with Gasteiger partial charge in [-0.15, -0.1) is 0 Å². The predicted molar refractivity (Wildman–Crippen MR) is 189 cm³/mol. The Morgan fingerprint density at radius 1 is 1.04 bits per heavy atom. The lowest BCUT2D eigenvalue weighted by Crippen LogP contribution is -2.48. The number of carbonyl (C=O) groups excluding carboxylic acids is 2. The minimum atomic E-state index is -3.85. The van der Waals surface area contributed by atoms with E-state index in [4.69, 9.17) is 14.2 Å². The third kappa shape index (κ3) is 10.2. The second-order valence-corrected chi connectivity index (χ2v) is 14.5. The van der Waals surface area contributed by atoms with E-state index in [1.165, 1.54) is 30.6 Å². The molecule has 49 heavy (non-hydrogen) atoms. The van der Waals surface area contributed by atoms with Crippen molar-refractivity contribution in [2.45, 2.75) is 63.2 Å². The molecule has 4 rings (SSSR count). The van der Waals surface area contributed by atoms with E-state index in [1.54, 1.807) is 54.3 Å². The van der Waals surface area contributed by atoms with Crippen molar-refractivity contribution in [1.82, 2.24) is 9.21 Å². The zero-order chi connectivity index (χ0) is 35.6. The smallest absolute Gasteiger partial charge is 0.323 e. The molecule has 13 heteroatoms. The van der Waals surface area contributed by atoms with Gasteiger partial charge in [0.15, 0.2) is 0 Å². The van der Waals surface area contributed by atoms with Crippen LogP contribution in [-0.4, -0.2) is 93.4 Å². The minimum absolute atomic E-state index is 0.0474. The number of hydrogen-bond acceptors (Lipinski definition) is 8. The second-order valence-electron chi connectivity index (χ2n) is 12.4. The highest BCUT2D eigenvalue weighted by atomic mass is 32.2. The maximum atomic E-state index is 14.4. The molecule has 1 aliphatic rings. The number of amides is 3. The first kappa shape index (κ1) is 37.6. The largest absolute Gasteiger partial charge is 0.497 e. The van der Waals surface area contributed by atoms with Crippen molar-refractivity contribution in [2.75, 3.05) is 51.1 Å². The van der Waals surface area contributed by atoms with Gasteiger partial charge in [-0.3, -0.25) is 4.79 Å². The third-order valence-corrected chi connectivity index (χ3v) is 10.4. The molecule has 0 saturated carbocycles. The first-order chi connectivity index (χ1) is 23.4. The van der Waals surface area contributed by atoms with Crippen LogP contribution in [0.2, 0.25) is 0 Å². The second kappa shape index (κ2) is 17.5. The Labute approximate surface area is 289 Å². The van der Waals surface area contributed by atoms with E-state index < -0.39 is 34.1 Å². The van der Waals surface area contributed by atoms with Crippen LogP contribution >= 0.6 is 0 Å². The number of nitrogens with zero attached hydrogens (tertiary/aromatic N) is 2. The Morgan fingerprint density at radius 3 is 2.41 bits per heavy atom. The normalized spacial score (nSPS) is 20.0. The topological polar surface area (TPSA) is 147 Å². The Bertz CT molecular complexity index is 1640. The van der Waals surface area contributed by atoms with E-state index in [2.05, 4.69) is 10.6 Å². The van der Waals surface area contributed by atoms with Crippen molar-refractivity contribution in [3.8, 4) is 11.5 Å². The molecule has 3 aromatic rings. The molecule has 1 aliphatic heterocycles. The van der Waals surface area contributed by atoms with Gasteiger partial charge in [0.2, 0.25) is 10.0 Å². The van der Waals surface area contributed by atoms with Crippen LogP contribution in [0.1, 0.15) is 50.4 Å². The van der Waals surface area contributed by atoms with Crippen LogP contribution in [-0.2, 0) is 14.8 Å². The summed E-state index contributed by atoms with van der Waals surface area (Å²) in [6.07, 6.45) is 1.42. The first-order valence-corrected chi connectivity index (χ1v) is 17.9. The first-order valence-electron chi connectivity index (χ1n) is 16.5. The van der Waals surface area contributed by atoms with Gasteiger partial charge in [0.25, 0.3) is 5.91 Å². The average Bonchev–Trinajstić information content (AvgIpc) is 3.09. The number of benzene rings is 3. The fourth-order valence-electron chi connectivity index (χ4n) is 5.56. The summed E-state index contributed by atoms with van der Waals surface area (Å²) >= 11 is 0. The lowest BCUT2D eigenvalue weighted by Gasteiger charge is -2.35.